The predicted molar refractivity (Wildman–Crippen MR) is 151 cm³/mol. The van der Waals surface area contributed by atoms with Gasteiger partial charge in [-0.1, -0.05) is 26.7 Å². The molecule has 1 aliphatic rings. The number of likely N-dealkylation sites (N-methyl/N-ethyl adjacent to an activating group) is 1. The largest absolute Gasteiger partial charge is 0.449 e. The number of carbonyl (C=O) groups is 3. The van der Waals surface area contributed by atoms with Gasteiger partial charge in [-0.25, -0.2) is 14.1 Å². The number of rotatable bonds is 13. The lowest BCUT2D eigenvalue weighted by molar-refractivity contribution is -0.110. The fourth-order valence-corrected chi connectivity index (χ4v) is 4.72. The molecule has 2 heterocycles. The number of amides is 3. The van der Waals surface area contributed by atoms with Gasteiger partial charge in [0, 0.05) is 35.7 Å². The van der Waals surface area contributed by atoms with Gasteiger partial charge < -0.3 is 25.7 Å². The molecule has 1 aromatic heterocycles. The van der Waals surface area contributed by atoms with Crippen LogP contribution >= 0.6 is 0 Å². The first-order valence-corrected chi connectivity index (χ1v) is 13.6. The number of ether oxygens (including phenoxy) is 1. The Morgan fingerprint density at radius 3 is 2.49 bits per heavy atom. The van der Waals surface area contributed by atoms with E-state index in [0.717, 1.165) is 37.3 Å². The molecule has 0 aliphatic carbocycles. The van der Waals surface area contributed by atoms with E-state index in [0.29, 0.717) is 58.8 Å². The summed E-state index contributed by atoms with van der Waals surface area (Å²) in [6, 6.07) is 4.11. The second-order valence-corrected chi connectivity index (χ2v) is 9.67. The number of fused-ring (bicyclic) bond motifs is 1. The second-order valence-electron chi connectivity index (χ2n) is 9.67. The number of benzene rings is 1. The number of hydrogen-bond donors (Lipinski definition) is 3. The van der Waals surface area contributed by atoms with Gasteiger partial charge in [0.1, 0.15) is 5.82 Å². The van der Waals surface area contributed by atoms with Crippen molar-refractivity contribution in [1.82, 2.24) is 14.8 Å². The van der Waals surface area contributed by atoms with E-state index in [-0.39, 0.29) is 19.1 Å². The van der Waals surface area contributed by atoms with E-state index in [2.05, 4.69) is 15.2 Å². The fourth-order valence-electron chi connectivity index (χ4n) is 4.72. The Balaban J connectivity index is 1.85. The van der Waals surface area contributed by atoms with Crippen molar-refractivity contribution in [2.24, 2.45) is 5.73 Å². The highest BCUT2D eigenvalue weighted by atomic mass is 19.1. The summed E-state index contributed by atoms with van der Waals surface area (Å²) in [5.74, 6) is -1.27. The molecular formula is C29H40FN5O4. The lowest BCUT2D eigenvalue weighted by atomic mass is 10.0. The molecule has 0 saturated carbocycles. The average molecular weight is 542 g/mol. The van der Waals surface area contributed by atoms with Gasteiger partial charge >= 0.3 is 6.09 Å². The summed E-state index contributed by atoms with van der Waals surface area (Å²) in [5.41, 5.74) is 8.83. The molecule has 0 saturated heterocycles. The Labute approximate surface area is 229 Å². The molecule has 1 aromatic carbocycles. The molecule has 2 aromatic rings. The van der Waals surface area contributed by atoms with E-state index < -0.39 is 17.8 Å². The number of aryl methyl sites for hydroxylation is 1. The van der Waals surface area contributed by atoms with Crippen molar-refractivity contribution in [2.75, 3.05) is 44.6 Å². The zero-order chi connectivity index (χ0) is 28.5. The van der Waals surface area contributed by atoms with Gasteiger partial charge in [0.15, 0.2) is 0 Å². The van der Waals surface area contributed by atoms with Crippen LogP contribution in [0.3, 0.4) is 0 Å². The number of anilines is 1. The maximum atomic E-state index is 13.9. The van der Waals surface area contributed by atoms with Crippen LogP contribution in [0.15, 0.2) is 18.2 Å². The van der Waals surface area contributed by atoms with Crippen LogP contribution in [0.4, 0.5) is 14.9 Å². The van der Waals surface area contributed by atoms with E-state index in [1.165, 1.54) is 18.2 Å². The molecule has 0 spiro atoms. The molecule has 0 radical (unpaired) electrons. The smallest absolute Gasteiger partial charge is 0.416 e. The van der Waals surface area contributed by atoms with Crippen molar-refractivity contribution >= 4 is 35.2 Å². The number of imide groups is 1. The maximum absolute atomic E-state index is 13.9. The number of nitrogens with two attached hydrogens (primary N) is 1. The summed E-state index contributed by atoms with van der Waals surface area (Å²) in [6.45, 7) is 10.7. The van der Waals surface area contributed by atoms with Gasteiger partial charge in [0.2, 0.25) is 0 Å². The van der Waals surface area contributed by atoms with Crippen LogP contribution in [0.2, 0.25) is 0 Å². The summed E-state index contributed by atoms with van der Waals surface area (Å²) in [7, 11) is 0. The molecule has 0 bridgehead atoms. The first-order chi connectivity index (χ1) is 18.7. The number of carbonyl (C=O) groups excluding carboxylic acids is 3. The minimum absolute atomic E-state index is 0.183. The molecule has 1 aliphatic heterocycles. The van der Waals surface area contributed by atoms with Crippen molar-refractivity contribution in [3.8, 4) is 0 Å². The minimum atomic E-state index is -0.676. The normalized spacial score (nSPS) is 13.6. The first kappa shape index (κ1) is 30.0. The van der Waals surface area contributed by atoms with Crippen LogP contribution in [-0.2, 0) is 9.53 Å². The third kappa shape index (κ3) is 7.33. The first-order valence-electron chi connectivity index (χ1n) is 13.6. The minimum Gasteiger partial charge on any atom is -0.449 e. The van der Waals surface area contributed by atoms with Crippen molar-refractivity contribution in [2.45, 2.75) is 53.4 Å². The number of unbranched alkanes of at least 4 members (excludes halogenated alkanes) is 3. The zero-order valence-electron chi connectivity index (χ0n) is 23.4. The van der Waals surface area contributed by atoms with Gasteiger partial charge in [-0.15, -0.1) is 0 Å². The molecule has 0 unspecified atom stereocenters. The summed E-state index contributed by atoms with van der Waals surface area (Å²) < 4.78 is 19.4. The van der Waals surface area contributed by atoms with Crippen molar-refractivity contribution in [3.05, 3.63) is 52.1 Å². The number of nitrogens with zero attached hydrogens (tertiary/aromatic N) is 2. The molecule has 0 atom stereocenters. The van der Waals surface area contributed by atoms with E-state index in [1.807, 2.05) is 13.8 Å². The number of aromatic amines is 1. The second kappa shape index (κ2) is 14.0. The molecule has 39 heavy (non-hydrogen) atoms. The molecule has 10 heteroatoms. The molecule has 3 rings (SSSR count). The van der Waals surface area contributed by atoms with Crippen molar-refractivity contribution in [1.29, 1.82) is 0 Å². The lowest BCUT2D eigenvalue weighted by Crippen LogP contribution is -2.43. The van der Waals surface area contributed by atoms with Gasteiger partial charge in [0.05, 0.1) is 17.7 Å². The number of hydrogen-bond acceptors (Lipinski definition) is 6. The van der Waals surface area contributed by atoms with Crippen LogP contribution in [0.1, 0.15) is 72.4 Å². The van der Waals surface area contributed by atoms with Crippen LogP contribution in [0.25, 0.3) is 11.6 Å². The van der Waals surface area contributed by atoms with E-state index in [1.54, 1.807) is 19.9 Å². The Morgan fingerprint density at radius 2 is 1.79 bits per heavy atom. The number of aromatic nitrogens is 1. The quantitative estimate of drug-likeness (QED) is 0.250. The van der Waals surface area contributed by atoms with Gasteiger partial charge in [-0.05, 0) is 76.2 Å². The van der Waals surface area contributed by atoms with Crippen molar-refractivity contribution < 1.29 is 23.5 Å². The highest BCUT2D eigenvalue weighted by Gasteiger charge is 2.30. The van der Waals surface area contributed by atoms with Crippen LogP contribution in [0.5, 0.6) is 0 Å². The summed E-state index contributed by atoms with van der Waals surface area (Å²) >= 11 is 0. The Morgan fingerprint density at radius 1 is 1.08 bits per heavy atom. The Hall–Kier alpha value is -3.50. The molecule has 4 N–H and O–H groups in total. The number of halogens is 1. The molecular weight excluding hydrogens is 501 g/mol. The maximum Gasteiger partial charge on any atom is 0.416 e. The predicted octanol–water partition coefficient (Wildman–Crippen LogP) is 4.70. The third-order valence-electron chi connectivity index (χ3n) is 7.07. The molecule has 0 fully saturated rings. The summed E-state index contributed by atoms with van der Waals surface area (Å²) in [6.07, 6.45) is 4.42. The standard InChI is InChI=1S/C29H40FN5O4/c1-5-34(6-2)14-15-35(29(38)39-16-10-8-7-9-13-31)28(37)26-19(3)25(32-20(26)4)18-23-22-17-21(30)11-12-24(22)33-27(23)36/h11-12,17-18,32H,5-10,13-16,31H2,1-4H3,(H,33,36)/b23-18-. The fraction of sp³-hybridized carbons (Fsp3) is 0.483. The van der Waals surface area contributed by atoms with Crippen molar-refractivity contribution in [3.63, 3.8) is 0 Å². The van der Waals surface area contributed by atoms with Gasteiger partial charge in [0.25, 0.3) is 11.8 Å². The number of nitrogens with one attached hydrogen (secondary N) is 2. The highest BCUT2D eigenvalue weighted by Crippen LogP contribution is 2.34. The van der Waals surface area contributed by atoms with E-state index in [4.69, 9.17) is 10.5 Å². The monoisotopic (exact) mass is 541 g/mol. The van der Waals surface area contributed by atoms with Crippen LogP contribution in [0, 0.1) is 19.7 Å². The van der Waals surface area contributed by atoms with Crippen LogP contribution < -0.4 is 11.1 Å². The summed E-state index contributed by atoms with van der Waals surface area (Å²) in [4.78, 5) is 45.9. The van der Waals surface area contributed by atoms with Gasteiger partial charge in [-0.2, -0.15) is 0 Å². The highest BCUT2D eigenvalue weighted by molar-refractivity contribution is 6.35. The molecule has 212 valence electrons. The zero-order valence-corrected chi connectivity index (χ0v) is 23.4. The van der Waals surface area contributed by atoms with E-state index >= 15 is 0 Å². The lowest BCUT2D eigenvalue weighted by Gasteiger charge is -2.25. The van der Waals surface area contributed by atoms with E-state index in [9.17, 15) is 18.8 Å². The third-order valence-corrected chi connectivity index (χ3v) is 7.07. The Kier molecular flexibility index (Phi) is 10.8. The SMILES string of the molecule is CCN(CC)CCN(C(=O)OCCCCCCN)C(=O)c1c(C)[nH]c(/C=C2\C(=O)Nc3ccc(F)cc32)c1C. The summed E-state index contributed by atoms with van der Waals surface area (Å²) in [5, 5.41) is 2.73. The molecule has 3 amide bonds. The average Bonchev–Trinajstić information content (AvgIpc) is 3.37. The van der Waals surface area contributed by atoms with Crippen LogP contribution in [-0.4, -0.2) is 72.0 Å². The Bertz CT molecular complexity index is 1220. The molecule has 9 nitrogen and oxygen atoms in total. The topological polar surface area (TPSA) is 121 Å². The number of H-pyrrole nitrogens is 1. The van der Waals surface area contributed by atoms with Gasteiger partial charge in [-0.3, -0.25) is 9.59 Å².